The van der Waals surface area contributed by atoms with Gasteiger partial charge in [-0.3, -0.25) is 0 Å². The Hall–Kier alpha value is -1.05. The molecule has 0 spiro atoms. The standard InChI is InChI=1S/C12H17NO/c1-2-8-14-12-7-6-11(9-13-12)10-4-3-5-10/h6-7,9-10H,2-5,8H2,1H3. The van der Waals surface area contributed by atoms with Crippen LogP contribution in [0.5, 0.6) is 5.88 Å². The van der Waals surface area contributed by atoms with Gasteiger partial charge in [0.15, 0.2) is 0 Å². The number of rotatable bonds is 4. The summed E-state index contributed by atoms with van der Waals surface area (Å²) in [5, 5.41) is 0. The van der Waals surface area contributed by atoms with E-state index in [2.05, 4.69) is 18.0 Å². The van der Waals surface area contributed by atoms with Crippen molar-refractivity contribution >= 4 is 0 Å². The first kappa shape index (κ1) is 9.50. The van der Waals surface area contributed by atoms with Crippen LogP contribution in [0.2, 0.25) is 0 Å². The van der Waals surface area contributed by atoms with Crippen LogP contribution in [-0.2, 0) is 0 Å². The molecule has 1 fully saturated rings. The van der Waals surface area contributed by atoms with Gasteiger partial charge in [-0.2, -0.15) is 0 Å². The second-order valence-corrected chi connectivity index (χ2v) is 3.91. The zero-order chi connectivity index (χ0) is 9.80. The fourth-order valence-electron chi connectivity index (χ4n) is 1.67. The van der Waals surface area contributed by atoms with Crippen molar-refractivity contribution in [2.45, 2.75) is 38.5 Å². The van der Waals surface area contributed by atoms with Crippen molar-refractivity contribution in [3.63, 3.8) is 0 Å². The van der Waals surface area contributed by atoms with E-state index in [9.17, 15) is 0 Å². The molecule has 0 atom stereocenters. The molecule has 0 radical (unpaired) electrons. The van der Waals surface area contributed by atoms with E-state index in [0.717, 1.165) is 24.8 Å². The summed E-state index contributed by atoms with van der Waals surface area (Å²) in [5.74, 6) is 1.53. The lowest BCUT2D eigenvalue weighted by atomic mass is 9.81. The van der Waals surface area contributed by atoms with E-state index in [1.807, 2.05) is 12.3 Å². The molecule has 14 heavy (non-hydrogen) atoms. The first-order chi connectivity index (χ1) is 6.90. The first-order valence-corrected chi connectivity index (χ1v) is 5.49. The fraction of sp³-hybridized carbons (Fsp3) is 0.583. The molecular formula is C12H17NO. The van der Waals surface area contributed by atoms with Crippen molar-refractivity contribution in [2.75, 3.05) is 6.61 Å². The van der Waals surface area contributed by atoms with Crippen molar-refractivity contribution in [3.8, 4) is 5.88 Å². The monoisotopic (exact) mass is 191 g/mol. The second-order valence-electron chi connectivity index (χ2n) is 3.91. The van der Waals surface area contributed by atoms with Gasteiger partial charge in [-0.1, -0.05) is 19.4 Å². The van der Waals surface area contributed by atoms with Gasteiger partial charge in [-0.05, 0) is 30.7 Å². The molecule has 0 saturated heterocycles. The van der Waals surface area contributed by atoms with Crippen LogP contribution in [0.1, 0.15) is 44.1 Å². The average Bonchev–Trinajstić information content (AvgIpc) is 2.14. The summed E-state index contributed by atoms with van der Waals surface area (Å²) in [5.41, 5.74) is 1.38. The molecule has 1 heterocycles. The highest BCUT2D eigenvalue weighted by Gasteiger charge is 2.19. The third-order valence-electron chi connectivity index (χ3n) is 2.79. The second kappa shape index (κ2) is 4.45. The topological polar surface area (TPSA) is 22.1 Å². The van der Waals surface area contributed by atoms with Crippen LogP contribution in [0.3, 0.4) is 0 Å². The Morgan fingerprint density at radius 1 is 1.43 bits per heavy atom. The summed E-state index contributed by atoms with van der Waals surface area (Å²) in [4.78, 5) is 4.30. The summed E-state index contributed by atoms with van der Waals surface area (Å²) >= 11 is 0. The highest BCUT2D eigenvalue weighted by atomic mass is 16.5. The highest BCUT2D eigenvalue weighted by molar-refractivity contribution is 5.22. The molecule has 2 nitrogen and oxygen atoms in total. The maximum Gasteiger partial charge on any atom is 0.213 e. The summed E-state index contributed by atoms with van der Waals surface area (Å²) in [6.45, 7) is 2.86. The molecule has 0 N–H and O–H groups in total. The van der Waals surface area contributed by atoms with Crippen LogP contribution in [-0.4, -0.2) is 11.6 Å². The van der Waals surface area contributed by atoms with E-state index in [1.54, 1.807) is 0 Å². The largest absolute Gasteiger partial charge is 0.478 e. The molecule has 1 aromatic rings. The average molecular weight is 191 g/mol. The first-order valence-electron chi connectivity index (χ1n) is 5.49. The Morgan fingerprint density at radius 3 is 2.79 bits per heavy atom. The van der Waals surface area contributed by atoms with Gasteiger partial charge in [0.05, 0.1) is 6.61 Å². The van der Waals surface area contributed by atoms with Crippen LogP contribution in [0, 0.1) is 0 Å². The minimum absolute atomic E-state index is 0.759. The molecule has 0 amide bonds. The minimum atomic E-state index is 0.759. The van der Waals surface area contributed by atoms with Gasteiger partial charge in [0.2, 0.25) is 5.88 Å². The number of pyridine rings is 1. The molecule has 1 aromatic heterocycles. The van der Waals surface area contributed by atoms with Crippen molar-refractivity contribution in [2.24, 2.45) is 0 Å². The van der Waals surface area contributed by atoms with Crippen molar-refractivity contribution in [1.82, 2.24) is 4.98 Å². The molecule has 0 unspecified atom stereocenters. The normalized spacial score (nSPS) is 16.4. The summed E-state index contributed by atoms with van der Waals surface area (Å²) in [6, 6.07) is 4.14. The van der Waals surface area contributed by atoms with Gasteiger partial charge in [0, 0.05) is 12.3 Å². The molecule has 2 heteroatoms. The summed E-state index contributed by atoms with van der Waals surface area (Å²) in [7, 11) is 0. The van der Waals surface area contributed by atoms with Crippen molar-refractivity contribution in [1.29, 1.82) is 0 Å². The van der Waals surface area contributed by atoms with E-state index in [0.29, 0.717) is 0 Å². The quantitative estimate of drug-likeness (QED) is 0.729. The molecule has 76 valence electrons. The molecular weight excluding hydrogens is 174 g/mol. The third kappa shape index (κ3) is 2.06. The fourth-order valence-corrected chi connectivity index (χ4v) is 1.67. The molecule has 0 bridgehead atoms. The van der Waals surface area contributed by atoms with E-state index in [1.165, 1.54) is 24.8 Å². The van der Waals surface area contributed by atoms with Crippen LogP contribution in [0.4, 0.5) is 0 Å². The van der Waals surface area contributed by atoms with Gasteiger partial charge < -0.3 is 4.74 Å². The van der Waals surface area contributed by atoms with Crippen LogP contribution < -0.4 is 4.74 Å². The maximum atomic E-state index is 5.43. The molecule has 1 saturated carbocycles. The number of hydrogen-bond donors (Lipinski definition) is 0. The van der Waals surface area contributed by atoms with E-state index >= 15 is 0 Å². The Bertz CT molecular complexity index is 277. The SMILES string of the molecule is CCCOc1ccc(C2CCC2)cn1. The Kier molecular flexibility index (Phi) is 3.02. The van der Waals surface area contributed by atoms with E-state index in [4.69, 9.17) is 4.74 Å². The van der Waals surface area contributed by atoms with Crippen LogP contribution >= 0.6 is 0 Å². The lowest BCUT2D eigenvalue weighted by molar-refractivity contribution is 0.304. The van der Waals surface area contributed by atoms with Crippen molar-refractivity contribution in [3.05, 3.63) is 23.9 Å². The predicted octanol–water partition coefficient (Wildman–Crippen LogP) is 3.14. The van der Waals surface area contributed by atoms with E-state index < -0.39 is 0 Å². The van der Waals surface area contributed by atoms with Gasteiger partial charge in [0.25, 0.3) is 0 Å². The van der Waals surface area contributed by atoms with Gasteiger partial charge >= 0.3 is 0 Å². The van der Waals surface area contributed by atoms with E-state index in [-0.39, 0.29) is 0 Å². The Balaban J connectivity index is 1.95. The summed E-state index contributed by atoms with van der Waals surface area (Å²) in [6.07, 6.45) is 7.04. The smallest absolute Gasteiger partial charge is 0.213 e. The number of ether oxygens (including phenoxy) is 1. The molecule has 2 rings (SSSR count). The zero-order valence-corrected chi connectivity index (χ0v) is 8.70. The Morgan fingerprint density at radius 2 is 2.29 bits per heavy atom. The van der Waals surface area contributed by atoms with Gasteiger partial charge in [0.1, 0.15) is 0 Å². The number of hydrogen-bond acceptors (Lipinski definition) is 2. The van der Waals surface area contributed by atoms with Crippen LogP contribution in [0.15, 0.2) is 18.3 Å². The van der Waals surface area contributed by atoms with Gasteiger partial charge in [-0.25, -0.2) is 4.98 Å². The Labute approximate surface area is 85.3 Å². The molecule has 0 aromatic carbocycles. The highest BCUT2D eigenvalue weighted by Crippen LogP contribution is 2.36. The lowest BCUT2D eigenvalue weighted by Crippen LogP contribution is -2.09. The van der Waals surface area contributed by atoms with Crippen LogP contribution in [0.25, 0.3) is 0 Å². The van der Waals surface area contributed by atoms with Crippen molar-refractivity contribution < 1.29 is 4.74 Å². The number of nitrogens with zero attached hydrogens (tertiary/aromatic N) is 1. The summed E-state index contributed by atoms with van der Waals surface area (Å²) < 4.78 is 5.43. The zero-order valence-electron chi connectivity index (χ0n) is 8.70. The molecule has 1 aliphatic rings. The minimum Gasteiger partial charge on any atom is -0.478 e. The number of aromatic nitrogens is 1. The third-order valence-corrected chi connectivity index (χ3v) is 2.79. The molecule has 0 aliphatic heterocycles. The predicted molar refractivity (Wildman–Crippen MR) is 56.6 cm³/mol. The maximum absolute atomic E-state index is 5.43. The lowest BCUT2D eigenvalue weighted by Gasteiger charge is -2.25. The van der Waals surface area contributed by atoms with Gasteiger partial charge in [-0.15, -0.1) is 0 Å². The molecule has 1 aliphatic carbocycles.